The highest BCUT2D eigenvalue weighted by molar-refractivity contribution is 5.88. The standard InChI is InChI=1S/C17H35N3O/c1-7-10-19(9-3)11-12-20-15(13-14(4)5)18-17(6,8-2)16(20)21/h14-15,18H,7-13H2,1-6H3. The van der Waals surface area contributed by atoms with Crippen LogP contribution < -0.4 is 5.32 Å². The largest absolute Gasteiger partial charge is 0.324 e. The van der Waals surface area contributed by atoms with Crippen molar-refractivity contribution >= 4 is 5.91 Å². The molecule has 21 heavy (non-hydrogen) atoms. The predicted octanol–water partition coefficient (Wildman–Crippen LogP) is 2.69. The number of carbonyl (C=O) groups is 1. The molecule has 0 radical (unpaired) electrons. The van der Waals surface area contributed by atoms with E-state index in [1.807, 2.05) is 6.92 Å². The van der Waals surface area contributed by atoms with Crippen LogP contribution in [0.5, 0.6) is 0 Å². The zero-order chi connectivity index (χ0) is 16.0. The lowest BCUT2D eigenvalue weighted by molar-refractivity contribution is -0.133. The zero-order valence-electron chi connectivity index (χ0n) is 14.9. The van der Waals surface area contributed by atoms with E-state index in [2.05, 4.69) is 49.7 Å². The lowest BCUT2D eigenvalue weighted by atomic mass is 9.99. The highest BCUT2D eigenvalue weighted by Crippen LogP contribution is 2.26. The molecule has 1 fully saturated rings. The topological polar surface area (TPSA) is 35.6 Å². The van der Waals surface area contributed by atoms with Crippen LogP contribution in [0.15, 0.2) is 0 Å². The Balaban J connectivity index is 2.72. The lowest BCUT2D eigenvalue weighted by Crippen LogP contribution is -2.44. The number of carbonyl (C=O) groups excluding carboxylic acids is 1. The second kappa shape index (κ2) is 8.14. The minimum absolute atomic E-state index is 0.197. The van der Waals surface area contributed by atoms with Crippen LogP contribution >= 0.6 is 0 Å². The van der Waals surface area contributed by atoms with Gasteiger partial charge in [0.05, 0.1) is 11.7 Å². The fraction of sp³-hybridized carbons (Fsp3) is 0.941. The van der Waals surface area contributed by atoms with E-state index < -0.39 is 0 Å². The summed E-state index contributed by atoms with van der Waals surface area (Å²) in [6.07, 6.45) is 3.25. The average molecular weight is 297 g/mol. The van der Waals surface area contributed by atoms with Gasteiger partial charge < -0.3 is 9.80 Å². The molecule has 1 aliphatic rings. The van der Waals surface area contributed by atoms with Crippen LogP contribution in [-0.2, 0) is 4.79 Å². The number of rotatable bonds is 9. The molecule has 2 unspecified atom stereocenters. The van der Waals surface area contributed by atoms with Crippen molar-refractivity contribution < 1.29 is 4.79 Å². The quantitative estimate of drug-likeness (QED) is 0.711. The maximum atomic E-state index is 12.8. The highest BCUT2D eigenvalue weighted by atomic mass is 16.2. The van der Waals surface area contributed by atoms with Crippen LogP contribution in [0.1, 0.15) is 60.8 Å². The van der Waals surface area contributed by atoms with Crippen molar-refractivity contribution in [3.8, 4) is 0 Å². The van der Waals surface area contributed by atoms with Gasteiger partial charge in [0.2, 0.25) is 5.91 Å². The first kappa shape index (κ1) is 18.4. The summed E-state index contributed by atoms with van der Waals surface area (Å²) in [7, 11) is 0. The SMILES string of the molecule is CCCN(CC)CCN1C(=O)C(C)(CC)NC1CC(C)C. The van der Waals surface area contributed by atoms with E-state index >= 15 is 0 Å². The third-order valence-electron chi connectivity index (χ3n) is 4.64. The number of hydrogen-bond donors (Lipinski definition) is 1. The summed E-state index contributed by atoms with van der Waals surface area (Å²) in [5, 5.41) is 3.58. The molecule has 124 valence electrons. The van der Waals surface area contributed by atoms with Crippen molar-refractivity contribution in [3.63, 3.8) is 0 Å². The van der Waals surface area contributed by atoms with Crippen LogP contribution in [0.25, 0.3) is 0 Å². The van der Waals surface area contributed by atoms with Crippen LogP contribution in [-0.4, -0.2) is 53.6 Å². The number of nitrogens with zero attached hydrogens (tertiary/aromatic N) is 2. The molecule has 0 aromatic heterocycles. The Morgan fingerprint density at radius 1 is 1.29 bits per heavy atom. The minimum atomic E-state index is -0.374. The van der Waals surface area contributed by atoms with Crippen LogP contribution in [0.2, 0.25) is 0 Å². The molecule has 0 spiro atoms. The molecule has 0 saturated carbocycles. The molecule has 1 saturated heterocycles. The fourth-order valence-corrected chi connectivity index (χ4v) is 3.10. The molecule has 2 atom stereocenters. The van der Waals surface area contributed by atoms with Gasteiger partial charge in [-0.2, -0.15) is 0 Å². The van der Waals surface area contributed by atoms with E-state index in [4.69, 9.17) is 0 Å². The van der Waals surface area contributed by atoms with Crippen LogP contribution in [0, 0.1) is 5.92 Å². The normalized spacial score (nSPS) is 26.4. The summed E-state index contributed by atoms with van der Waals surface area (Å²) in [5.41, 5.74) is -0.374. The first-order valence-corrected chi connectivity index (χ1v) is 8.69. The lowest BCUT2D eigenvalue weighted by Gasteiger charge is -2.28. The highest BCUT2D eigenvalue weighted by Gasteiger charge is 2.46. The second-order valence-corrected chi connectivity index (χ2v) is 6.91. The summed E-state index contributed by atoms with van der Waals surface area (Å²) < 4.78 is 0. The van der Waals surface area contributed by atoms with Crippen molar-refractivity contribution in [3.05, 3.63) is 0 Å². The van der Waals surface area contributed by atoms with Crippen LogP contribution in [0.3, 0.4) is 0 Å². The Labute approximate surface area is 131 Å². The van der Waals surface area contributed by atoms with Crippen molar-refractivity contribution in [2.45, 2.75) is 72.5 Å². The Bertz CT molecular complexity index is 332. The predicted molar refractivity (Wildman–Crippen MR) is 89.2 cm³/mol. The summed E-state index contributed by atoms with van der Waals surface area (Å²) >= 11 is 0. The molecular formula is C17H35N3O. The molecule has 1 amide bonds. The summed E-state index contributed by atoms with van der Waals surface area (Å²) in [6.45, 7) is 17.0. The molecule has 1 heterocycles. The molecular weight excluding hydrogens is 262 g/mol. The van der Waals surface area contributed by atoms with E-state index in [1.54, 1.807) is 0 Å². The molecule has 1 N–H and O–H groups in total. The number of likely N-dealkylation sites (N-methyl/N-ethyl adjacent to an activating group) is 1. The maximum absolute atomic E-state index is 12.8. The Kier molecular flexibility index (Phi) is 7.14. The van der Waals surface area contributed by atoms with Crippen molar-refractivity contribution in [1.82, 2.24) is 15.1 Å². The number of amides is 1. The fourth-order valence-electron chi connectivity index (χ4n) is 3.10. The van der Waals surface area contributed by atoms with Gasteiger partial charge in [-0.3, -0.25) is 10.1 Å². The summed E-state index contributed by atoms with van der Waals surface area (Å²) in [4.78, 5) is 17.3. The third-order valence-corrected chi connectivity index (χ3v) is 4.64. The molecule has 4 nitrogen and oxygen atoms in total. The van der Waals surface area contributed by atoms with Gasteiger partial charge in [0.1, 0.15) is 0 Å². The third kappa shape index (κ3) is 4.68. The minimum Gasteiger partial charge on any atom is -0.324 e. The maximum Gasteiger partial charge on any atom is 0.243 e. The molecule has 4 heteroatoms. The van der Waals surface area contributed by atoms with E-state index in [0.29, 0.717) is 5.92 Å². The van der Waals surface area contributed by atoms with Gasteiger partial charge in [0, 0.05) is 13.1 Å². The Hall–Kier alpha value is -0.610. The van der Waals surface area contributed by atoms with Gasteiger partial charge in [-0.05, 0) is 45.2 Å². The molecule has 1 rings (SSSR count). The molecule has 0 bridgehead atoms. The molecule has 1 aliphatic heterocycles. The van der Waals surface area contributed by atoms with Crippen molar-refractivity contribution in [2.75, 3.05) is 26.2 Å². The second-order valence-electron chi connectivity index (χ2n) is 6.91. The van der Waals surface area contributed by atoms with E-state index in [0.717, 1.165) is 39.0 Å². The monoisotopic (exact) mass is 297 g/mol. The first-order valence-electron chi connectivity index (χ1n) is 8.69. The van der Waals surface area contributed by atoms with E-state index in [1.165, 1.54) is 6.42 Å². The van der Waals surface area contributed by atoms with Crippen molar-refractivity contribution in [2.24, 2.45) is 5.92 Å². The average Bonchev–Trinajstić information content (AvgIpc) is 2.67. The Morgan fingerprint density at radius 3 is 2.43 bits per heavy atom. The molecule has 0 aromatic rings. The van der Waals surface area contributed by atoms with E-state index in [-0.39, 0.29) is 17.6 Å². The number of hydrogen-bond acceptors (Lipinski definition) is 3. The molecule has 0 aromatic carbocycles. The van der Waals surface area contributed by atoms with Gasteiger partial charge in [-0.1, -0.05) is 34.6 Å². The van der Waals surface area contributed by atoms with Gasteiger partial charge in [-0.15, -0.1) is 0 Å². The Morgan fingerprint density at radius 2 is 1.95 bits per heavy atom. The summed E-state index contributed by atoms with van der Waals surface area (Å²) in [6, 6.07) is 0. The van der Waals surface area contributed by atoms with Crippen LogP contribution in [0.4, 0.5) is 0 Å². The first-order chi connectivity index (χ1) is 9.87. The smallest absolute Gasteiger partial charge is 0.243 e. The van der Waals surface area contributed by atoms with E-state index in [9.17, 15) is 4.79 Å². The van der Waals surface area contributed by atoms with Gasteiger partial charge in [-0.25, -0.2) is 0 Å². The molecule has 0 aliphatic carbocycles. The van der Waals surface area contributed by atoms with Crippen molar-refractivity contribution in [1.29, 1.82) is 0 Å². The summed E-state index contributed by atoms with van der Waals surface area (Å²) in [5.74, 6) is 0.873. The number of nitrogens with one attached hydrogen (secondary N) is 1. The van der Waals surface area contributed by atoms with Gasteiger partial charge >= 0.3 is 0 Å². The van der Waals surface area contributed by atoms with Gasteiger partial charge in [0.15, 0.2) is 0 Å². The van der Waals surface area contributed by atoms with Gasteiger partial charge in [0.25, 0.3) is 0 Å². The zero-order valence-corrected chi connectivity index (χ0v) is 14.9.